The second-order valence-corrected chi connectivity index (χ2v) is 8.10. The Bertz CT molecular complexity index is 790. The van der Waals surface area contributed by atoms with E-state index in [1.54, 1.807) is 19.1 Å². The fraction of sp³-hybridized carbons (Fsp3) is 0.550. The van der Waals surface area contributed by atoms with Gasteiger partial charge in [-0.2, -0.15) is 11.8 Å². The molecule has 172 valence electrons. The molecule has 3 N–H and O–H groups in total. The lowest BCUT2D eigenvalue weighted by Gasteiger charge is -2.36. The van der Waals surface area contributed by atoms with Crippen LogP contribution in [0.3, 0.4) is 0 Å². The number of benzene rings is 1. The van der Waals surface area contributed by atoms with Gasteiger partial charge in [0.1, 0.15) is 6.04 Å². The molecule has 31 heavy (non-hydrogen) atoms. The highest BCUT2D eigenvalue weighted by molar-refractivity contribution is 7.99. The quantitative estimate of drug-likeness (QED) is 0.446. The number of aliphatic carboxylic acids is 1. The largest absolute Gasteiger partial charge is 0.507 e. The minimum absolute atomic E-state index is 0.243. The van der Waals surface area contributed by atoms with Gasteiger partial charge in [0, 0.05) is 12.3 Å². The zero-order valence-corrected chi connectivity index (χ0v) is 18.5. The second-order valence-electron chi connectivity index (χ2n) is 6.95. The Labute approximate surface area is 184 Å². The van der Waals surface area contributed by atoms with Gasteiger partial charge in [0.15, 0.2) is 17.7 Å². The molecule has 10 nitrogen and oxygen atoms in total. The SMILES string of the molecule is COc1ccc(CCC(N[C@@H](C)C(=O)N2CCSCC2OC(=O)O)C(=O)O)cc1OC. The van der Waals surface area contributed by atoms with Crippen molar-refractivity contribution < 1.29 is 38.8 Å². The van der Waals surface area contributed by atoms with Crippen LogP contribution in [0.25, 0.3) is 0 Å². The number of ether oxygens (including phenoxy) is 3. The van der Waals surface area contributed by atoms with Crippen molar-refractivity contribution in [2.75, 3.05) is 32.3 Å². The minimum atomic E-state index is -1.45. The summed E-state index contributed by atoms with van der Waals surface area (Å²) in [7, 11) is 3.06. The molecule has 1 aromatic rings. The van der Waals surface area contributed by atoms with Gasteiger partial charge in [0.05, 0.1) is 26.0 Å². The number of hydrogen-bond acceptors (Lipinski definition) is 8. The first-order valence-corrected chi connectivity index (χ1v) is 10.9. The molecule has 1 saturated heterocycles. The van der Waals surface area contributed by atoms with E-state index in [0.29, 0.717) is 36.0 Å². The van der Waals surface area contributed by atoms with E-state index in [0.717, 1.165) is 5.56 Å². The molecular formula is C20H28N2O8S. The fourth-order valence-corrected chi connectivity index (χ4v) is 4.24. The number of hydrogen-bond donors (Lipinski definition) is 3. The molecule has 0 aliphatic carbocycles. The van der Waals surface area contributed by atoms with E-state index in [1.165, 1.54) is 30.9 Å². The predicted octanol–water partition coefficient (Wildman–Crippen LogP) is 1.66. The molecule has 0 spiro atoms. The van der Waals surface area contributed by atoms with Crippen molar-refractivity contribution in [3.05, 3.63) is 23.8 Å². The van der Waals surface area contributed by atoms with Gasteiger partial charge in [-0.1, -0.05) is 6.07 Å². The molecule has 3 atom stereocenters. The monoisotopic (exact) mass is 456 g/mol. The van der Waals surface area contributed by atoms with Crippen LogP contribution >= 0.6 is 11.8 Å². The lowest BCUT2D eigenvalue weighted by molar-refractivity contribution is -0.144. The molecule has 0 bridgehead atoms. The summed E-state index contributed by atoms with van der Waals surface area (Å²) in [6, 6.07) is 3.57. The summed E-state index contributed by atoms with van der Waals surface area (Å²) in [5.74, 6) is 0.648. The third kappa shape index (κ3) is 6.93. The number of amides is 1. The first kappa shape index (κ1) is 24.6. The highest BCUT2D eigenvalue weighted by Crippen LogP contribution is 2.28. The smallest absolute Gasteiger partial charge is 0.493 e. The number of aryl methyl sites for hydroxylation is 1. The maximum Gasteiger partial charge on any atom is 0.507 e. The first-order chi connectivity index (χ1) is 14.8. The van der Waals surface area contributed by atoms with E-state index in [4.69, 9.17) is 19.3 Å². The summed E-state index contributed by atoms with van der Waals surface area (Å²) in [5, 5.41) is 21.4. The summed E-state index contributed by atoms with van der Waals surface area (Å²) in [4.78, 5) is 36.8. The van der Waals surface area contributed by atoms with E-state index < -0.39 is 36.3 Å². The summed E-state index contributed by atoms with van der Waals surface area (Å²) < 4.78 is 15.3. The number of carbonyl (C=O) groups excluding carboxylic acids is 1. The average molecular weight is 457 g/mol. The zero-order valence-electron chi connectivity index (χ0n) is 17.7. The fourth-order valence-electron chi connectivity index (χ4n) is 3.29. The Kier molecular flexibility index (Phi) is 9.25. The molecule has 1 heterocycles. The van der Waals surface area contributed by atoms with E-state index in [-0.39, 0.29) is 6.42 Å². The Balaban J connectivity index is 2.01. The molecule has 11 heteroatoms. The van der Waals surface area contributed by atoms with Gasteiger partial charge in [-0.15, -0.1) is 0 Å². The summed E-state index contributed by atoms with van der Waals surface area (Å²) in [5.41, 5.74) is 0.868. The number of thioether (sulfide) groups is 1. The number of carboxylic acid groups (broad SMARTS) is 2. The lowest BCUT2D eigenvalue weighted by atomic mass is 10.0. The third-order valence-electron chi connectivity index (χ3n) is 4.89. The minimum Gasteiger partial charge on any atom is -0.493 e. The number of methoxy groups -OCH3 is 2. The molecule has 1 aromatic carbocycles. The van der Waals surface area contributed by atoms with Crippen molar-refractivity contribution in [3.8, 4) is 11.5 Å². The molecule has 2 rings (SSSR count). The van der Waals surface area contributed by atoms with Gasteiger partial charge in [-0.25, -0.2) is 4.79 Å². The standard InChI is InChI=1S/C20H28N2O8S/c1-12(18(23)22-8-9-31-11-17(22)30-20(26)27)21-14(19(24)25)6-4-13-5-7-15(28-2)16(10-13)29-3/h5,7,10,12,14,17,21H,4,6,8-9,11H2,1-3H3,(H,24,25)(H,26,27)/t12-,14?,17?/m0/s1. The molecule has 0 saturated carbocycles. The first-order valence-electron chi connectivity index (χ1n) is 9.74. The van der Waals surface area contributed by atoms with Crippen molar-refractivity contribution >= 4 is 29.8 Å². The summed E-state index contributed by atoms with van der Waals surface area (Å²) in [6.07, 6.45) is -1.66. The van der Waals surface area contributed by atoms with Gasteiger partial charge in [0.25, 0.3) is 0 Å². The highest BCUT2D eigenvalue weighted by Gasteiger charge is 2.34. The van der Waals surface area contributed by atoms with E-state index in [2.05, 4.69) is 5.32 Å². The van der Waals surface area contributed by atoms with Crippen molar-refractivity contribution in [1.82, 2.24) is 10.2 Å². The second kappa shape index (κ2) is 11.7. The molecule has 1 aliphatic rings. The lowest BCUT2D eigenvalue weighted by Crippen LogP contribution is -2.56. The Morgan fingerprint density at radius 3 is 2.55 bits per heavy atom. The van der Waals surface area contributed by atoms with Crippen LogP contribution in [0.5, 0.6) is 11.5 Å². The molecule has 2 unspecified atom stereocenters. The van der Waals surface area contributed by atoms with E-state index in [1.807, 2.05) is 6.07 Å². The topological polar surface area (TPSA) is 135 Å². The van der Waals surface area contributed by atoms with Crippen molar-refractivity contribution in [1.29, 1.82) is 0 Å². The third-order valence-corrected chi connectivity index (χ3v) is 5.89. The van der Waals surface area contributed by atoms with E-state index >= 15 is 0 Å². The van der Waals surface area contributed by atoms with Gasteiger partial charge < -0.3 is 29.3 Å². The predicted molar refractivity (Wildman–Crippen MR) is 114 cm³/mol. The van der Waals surface area contributed by atoms with Crippen molar-refractivity contribution in [2.24, 2.45) is 0 Å². The molecule has 1 amide bonds. The molecule has 0 aromatic heterocycles. The number of nitrogens with zero attached hydrogens (tertiary/aromatic N) is 1. The van der Waals surface area contributed by atoms with Gasteiger partial charge in [0.2, 0.25) is 5.91 Å². The van der Waals surface area contributed by atoms with Crippen LogP contribution in [0.15, 0.2) is 18.2 Å². The van der Waals surface area contributed by atoms with Gasteiger partial charge >= 0.3 is 12.1 Å². The molecule has 1 aliphatic heterocycles. The van der Waals surface area contributed by atoms with Gasteiger partial charge in [-0.05, 0) is 37.5 Å². The molecular weight excluding hydrogens is 428 g/mol. The normalized spacial score (nSPS) is 18.0. The van der Waals surface area contributed by atoms with Crippen LogP contribution in [0.2, 0.25) is 0 Å². The molecule has 1 fully saturated rings. The Morgan fingerprint density at radius 2 is 1.94 bits per heavy atom. The number of nitrogens with one attached hydrogen (secondary N) is 1. The number of carboxylic acids is 1. The molecule has 0 radical (unpaired) electrons. The van der Waals surface area contributed by atoms with E-state index in [9.17, 15) is 19.5 Å². The van der Waals surface area contributed by atoms with Crippen LogP contribution in [0.1, 0.15) is 18.9 Å². The number of carbonyl (C=O) groups is 3. The van der Waals surface area contributed by atoms with Gasteiger partial charge in [-0.3, -0.25) is 14.9 Å². The van der Waals surface area contributed by atoms with Crippen LogP contribution < -0.4 is 14.8 Å². The van der Waals surface area contributed by atoms with Crippen molar-refractivity contribution in [3.63, 3.8) is 0 Å². The summed E-state index contributed by atoms with van der Waals surface area (Å²) in [6.45, 7) is 1.89. The summed E-state index contributed by atoms with van der Waals surface area (Å²) >= 11 is 1.49. The Morgan fingerprint density at radius 1 is 1.23 bits per heavy atom. The average Bonchev–Trinajstić information content (AvgIpc) is 2.75. The number of rotatable bonds is 10. The van der Waals surface area contributed by atoms with Crippen LogP contribution in [0.4, 0.5) is 4.79 Å². The zero-order chi connectivity index (χ0) is 23.0. The highest BCUT2D eigenvalue weighted by atomic mass is 32.2. The van der Waals surface area contributed by atoms with Crippen LogP contribution in [-0.4, -0.2) is 83.7 Å². The maximum absolute atomic E-state index is 12.8. The van der Waals surface area contributed by atoms with Crippen LogP contribution in [0, 0.1) is 0 Å². The Hall–Kier alpha value is -2.66. The van der Waals surface area contributed by atoms with Crippen LogP contribution in [-0.2, 0) is 20.7 Å². The maximum atomic E-state index is 12.8. The van der Waals surface area contributed by atoms with Crippen molar-refractivity contribution in [2.45, 2.75) is 38.1 Å².